The Kier molecular flexibility index (Phi) is 9.63. The molecule has 0 radical (unpaired) electrons. The van der Waals surface area contributed by atoms with E-state index in [1.54, 1.807) is 0 Å². The summed E-state index contributed by atoms with van der Waals surface area (Å²) in [5, 5.41) is 12.1. The molecule has 1 aromatic heterocycles. The second kappa shape index (κ2) is 13.6. The second-order valence-electron chi connectivity index (χ2n) is 11.1. The van der Waals surface area contributed by atoms with Gasteiger partial charge >= 0.3 is 6.01 Å². The number of benzene rings is 2. The maximum absolute atomic E-state index is 13.6. The molecule has 0 bridgehead atoms. The first-order chi connectivity index (χ1) is 20.8. The van der Waals surface area contributed by atoms with Crippen LogP contribution in [0, 0.1) is 11.3 Å². The molecular weight excluding hydrogens is 569 g/mol. The molecule has 0 saturated carbocycles. The third kappa shape index (κ3) is 6.68. The van der Waals surface area contributed by atoms with E-state index in [0.29, 0.717) is 31.1 Å². The smallest absolute Gasteiger partial charge is 0.318 e. The normalized spacial score (nSPS) is 18.5. The van der Waals surface area contributed by atoms with E-state index in [4.69, 9.17) is 16.3 Å². The largest absolute Gasteiger partial charge is 0.467 e. The Hall–Kier alpha value is -3.94. The number of fused-ring (bicyclic) bond motifs is 2. The summed E-state index contributed by atoms with van der Waals surface area (Å²) in [5.74, 6) is -1.07. The third-order valence-corrected chi connectivity index (χ3v) is 8.62. The lowest BCUT2D eigenvalue weighted by atomic mass is 10.0. The molecule has 0 aliphatic carbocycles. The summed E-state index contributed by atoms with van der Waals surface area (Å²) in [6.45, 7) is 8.11. The van der Waals surface area contributed by atoms with Crippen LogP contribution in [0.25, 0.3) is 10.8 Å². The van der Waals surface area contributed by atoms with E-state index in [1.807, 2.05) is 35.2 Å². The summed E-state index contributed by atoms with van der Waals surface area (Å²) in [7, 11) is 3.70. The van der Waals surface area contributed by atoms with Gasteiger partial charge in [0, 0.05) is 42.8 Å². The topological polar surface area (TPSA) is 88.8 Å². The van der Waals surface area contributed by atoms with E-state index < -0.39 is 17.8 Å². The number of anilines is 2. The van der Waals surface area contributed by atoms with Crippen LogP contribution in [0.5, 0.6) is 6.01 Å². The van der Waals surface area contributed by atoms with Crippen molar-refractivity contribution in [3.8, 4) is 12.1 Å². The zero-order chi connectivity index (χ0) is 30.5. The number of halogens is 2. The fourth-order valence-corrected chi connectivity index (χ4v) is 6.39. The first kappa shape index (κ1) is 30.5. The van der Waals surface area contributed by atoms with Crippen molar-refractivity contribution in [1.82, 2.24) is 19.8 Å². The number of nitrogens with zero attached hydrogens (tertiary/aromatic N) is 7. The Morgan fingerprint density at radius 1 is 1.12 bits per heavy atom. The fraction of sp³-hybridized carbons (Fsp3) is 0.438. The van der Waals surface area contributed by atoms with Gasteiger partial charge in [-0.3, -0.25) is 4.79 Å². The van der Waals surface area contributed by atoms with Crippen molar-refractivity contribution in [3.63, 3.8) is 0 Å². The molecule has 2 fully saturated rings. The maximum Gasteiger partial charge on any atom is 0.318 e. The van der Waals surface area contributed by atoms with Gasteiger partial charge in [0.15, 0.2) is 5.83 Å². The van der Waals surface area contributed by atoms with Gasteiger partial charge in [0.25, 0.3) is 5.91 Å². The highest BCUT2D eigenvalue weighted by Crippen LogP contribution is 2.37. The van der Waals surface area contributed by atoms with Gasteiger partial charge in [-0.05, 0) is 56.9 Å². The lowest BCUT2D eigenvalue weighted by Gasteiger charge is -2.42. The third-order valence-electron chi connectivity index (χ3n) is 8.31. The Balaban J connectivity index is 0.000000548. The highest BCUT2D eigenvalue weighted by atomic mass is 35.5. The van der Waals surface area contributed by atoms with Gasteiger partial charge in [-0.1, -0.05) is 42.4 Å². The van der Waals surface area contributed by atoms with Crippen LogP contribution in [0.2, 0.25) is 5.02 Å². The number of hydrogen-bond donors (Lipinski definition) is 0. The molecule has 3 aliphatic heterocycles. The van der Waals surface area contributed by atoms with E-state index in [1.165, 1.54) is 37.9 Å². The maximum atomic E-state index is 13.6. The monoisotopic (exact) mass is 605 g/mol. The van der Waals surface area contributed by atoms with Crippen molar-refractivity contribution in [2.75, 3.05) is 63.2 Å². The summed E-state index contributed by atoms with van der Waals surface area (Å²) in [5.41, 5.74) is 2.90. The fourth-order valence-electron chi connectivity index (χ4n) is 6.11. The van der Waals surface area contributed by atoms with Crippen LogP contribution >= 0.6 is 11.6 Å². The first-order valence-electron chi connectivity index (χ1n) is 14.6. The van der Waals surface area contributed by atoms with Crippen LogP contribution in [-0.4, -0.2) is 85.1 Å². The molecule has 1 amide bonds. The minimum atomic E-state index is -1.02. The Morgan fingerprint density at radius 2 is 1.86 bits per heavy atom. The predicted molar refractivity (Wildman–Crippen MR) is 167 cm³/mol. The summed E-state index contributed by atoms with van der Waals surface area (Å²) >= 11 is 6.59. The van der Waals surface area contributed by atoms with Crippen molar-refractivity contribution in [1.29, 1.82) is 5.26 Å². The number of amides is 1. The first-order valence-corrected chi connectivity index (χ1v) is 15.0. The van der Waals surface area contributed by atoms with Crippen molar-refractivity contribution in [2.45, 2.75) is 38.3 Å². The van der Waals surface area contributed by atoms with Gasteiger partial charge in [-0.15, -0.1) is 0 Å². The molecule has 3 aliphatic rings. The van der Waals surface area contributed by atoms with E-state index in [2.05, 4.69) is 45.5 Å². The number of methoxy groups -OCH3 is 1. The van der Waals surface area contributed by atoms with Gasteiger partial charge in [0.05, 0.1) is 42.9 Å². The second-order valence-corrected chi connectivity index (χ2v) is 11.5. The average molecular weight is 606 g/mol. The number of carbonyl (C=O) groups excluding carboxylic acids is 1. The van der Waals surface area contributed by atoms with E-state index in [-0.39, 0.29) is 19.0 Å². The molecule has 1 unspecified atom stereocenters. The Bertz CT molecular complexity index is 1530. The zero-order valence-corrected chi connectivity index (χ0v) is 25.5. The van der Waals surface area contributed by atoms with Crippen LogP contribution < -0.4 is 14.5 Å². The van der Waals surface area contributed by atoms with Crippen LogP contribution in [0.1, 0.15) is 30.5 Å². The molecule has 11 heteroatoms. The lowest BCUT2D eigenvalue weighted by molar-refractivity contribution is -0.131. The number of hydrogen-bond acceptors (Lipinski definition) is 8. The van der Waals surface area contributed by atoms with Gasteiger partial charge in [-0.25, -0.2) is 4.39 Å². The molecule has 43 heavy (non-hydrogen) atoms. The van der Waals surface area contributed by atoms with Gasteiger partial charge in [-0.2, -0.15) is 15.2 Å². The van der Waals surface area contributed by atoms with Crippen molar-refractivity contribution < 1.29 is 13.9 Å². The van der Waals surface area contributed by atoms with Crippen LogP contribution in [0.4, 0.5) is 15.9 Å². The molecule has 226 valence electrons. The van der Waals surface area contributed by atoms with E-state index >= 15 is 0 Å². The molecule has 0 N–H and O–H groups in total. The standard InChI is InChI=1S/C27H26ClFN6O2.C5H11N/c1-17(29)26(36)35-14-13-34(15-19(35)9-11-30)25-20-10-12-33(16-22(20)31-27(32-25)37-2)23-8-4-6-18-5-3-7-21(28)24(18)23;1-6-4-2-3-5-6/h3-8,19H,1,9-10,12-16H2,2H3;2-5H2,1H3. The molecule has 4 heterocycles. The van der Waals surface area contributed by atoms with Crippen LogP contribution in [0.3, 0.4) is 0 Å². The molecular formula is C32H37ClFN7O2. The Labute approximate surface area is 257 Å². The summed E-state index contributed by atoms with van der Waals surface area (Å²) in [6.07, 6.45) is 3.60. The predicted octanol–water partition coefficient (Wildman–Crippen LogP) is 4.98. The summed E-state index contributed by atoms with van der Waals surface area (Å²) in [4.78, 5) is 29.7. The average Bonchev–Trinajstić information content (AvgIpc) is 3.51. The quantitative estimate of drug-likeness (QED) is 0.376. The number of ether oxygens (including phenoxy) is 1. The molecule has 2 aromatic carbocycles. The molecule has 9 nitrogen and oxygen atoms in total. The van der Waals surface area contributed by atoms with Gasteiger partial charge < -0.3 is 24.3 Å². The van der Waals surface area contributed by atoms with E-state index in [9.17, 15) is 14.4 Å². The number of rotatable bonds is 5. The Morgan fingerprint density at radius 3 is 2.51 bits per heavy atom. The minimum absolute atomic E-state index is 0.0789. The van der Waals surface area contributed by atoms with Crippen molar-refractivity contribution in [3.05, 3.63) is 65.1 Å². The molecule has 2 saturated heterocycles. The molecule has 1 atom stereocenters. The highest BCUT2D eigenvalue weighted by molar-refractivity contribution is 6.36. The number of nitriles is 1. The van der Waals surface area contributed by atoms with Crippen LogP contribution in [-0.2, 0) is 17.8 Å². The molecule has 6 rings (SSSR count). The van der Waals surface area contributed by atoms with Crippen molar-refractivity contribution in [2.24, 2.45) is 0 Å². The number of aromatic nitrogens is 2. The lowest BCUT2D eigenvalue weighted by Crippen LogP contribution is -2.55. The zero-order valence-electron chi connectivity index (χ0n) is 24.7. The number of likely N-dealkylation sites (tertiary alicyclic amines) is 1. The number of piperazine rings is 1. The summed E-state index contributed by atoms with van der Waals surface area (Å²) < 4.78 is 19.0. The number of carbonyl (C=O) groups is 1. The van der Waals surface area contributed by atoms with Crippen LogP contribution in [0.15, 0.2) is 48.8 Å². The van der Waals surface area contributed by atoms with Gasteiger partial charge in [0.1, 0.15) is 5.82 Å². The minimum Gasteiger partial charge on any atom is -0.467 e. The van der Waals surface area contributed by atoms with Gasteiger partial charge in [0.2, 0.25) is 0 Å². The SMILES string of the molecule is C=C(F)C(=O)N1CCN(c2nc(OC)nc3c2CCN(c2cccc4cccc(Cl)c24)C3)CC1CC#N.CN1CCCC1. The van der Waals surface area contributed by atoms with E-state index in [0.717, 1.165) is 40.1 Å². The molecule has 3 aromatic rings. The summed E-state index contributed by atoms with van der Waals surface area (Å²) in [6, 6.07) is 13.9. The van der Waals surface area contributed by atoms with Crippen molar-refractivity contribution >= 4 is 39.8 Å². The molecule has 0 spiro atoms. The highest BCUT2D eigenvalue weighted by Gasteiger charge is 2.34.